The lowest BCUT2D eigenvalue weighted by Crippen LogP contribution is -2.19. The van der Waals surface area contributed by atoms with Crippen molar-refractivity contribution in [1.29, 1.82) is 0 Å². The van der Waals surface area contributed by atoms with E-state index in [1.807, 2.05) is 37.3 Å². The molecule has 2 N–H and O–H groups in total. The smallest absolute Gasteiger partial charge is 0.341 e. The molecule has 3 rings (SSSR count). The Balaban J connectivity index is 1.73. The SMILES string of the molecule is COC(=O)c1cc(NC(=O)Nc2ccccc2)ccc1OCc1ccc(C)c(C)c1. The van der Waals surface area contributed by atoms with Gasteiger partial charge in [0.25, 0.3) is 0 Å². The Bertz CT molecular complexity index is 1050. The monoisotopic (exact) mass is 404 g/mol. The number of anilines is 2. The van der Waals surface area contributed by atoms with Crippen molar-refractivity contribution in [1.82, 2.24) is 0 Å². The number of para-hydroxylation sites is 1. The number of esters is 1. The zero-order valence-electron chi connectivity index (χ0n) is 17.2. The maximum atomic E-state index is 12.2. The summed E-state index contributed by atoms with van der Waals surface area (Å²) in [5, 5.41) is 5.44. The zero-order chi connectivity index (χ0) is 21.5. The van der Waals surface area contributed by atoms with Crippen LogP contribution < -0.4 is 15.4 Å². The largest absolute Gasteiger partial charge is 0.488 e. The number of hydrogen-bond donors (Lipinski definition) is 2. The second-order valence-electron chi connectivity index (χ2n) is 6.85. The number of carbonyl (C=O) groups is 2. The van der Waals surface area contributed by atoms with E-state index in [9.17, 15) is 9.59 Å². The molecule has 154 valence electrons. The van der Waals surface area contributed by atoms with Crippen molar-refractivity contribution in [3.05, 3.63) is 89.0 Å². The molecule has 0 atom stereocenters. The highest BCUT2D eigenvalue weighted by Gasteiger charge is 2.15. The molecule has 3 aromatic carbocycles. The predicted molar refractivity (Wildman–Crippen MR) is 117 cm³/mol. The molecule has 0 saturated carbocycles. The van der Waals surface area contributed by atoms with Gasteiger partial charge in [-0.3, -0.25) is 0 Å². The Labute approximate surface area is 175 Å². The lowest BCUT2D eigenvalue weighted by Gasteiger charge is -2.14. The van der Waals surface area contributed by atoms with E-state index in [1.54, 1.807) is 24.3 Å². The summed E-state index contributed by atoms with van der Waals surface area (Å²) in [5.41, 5.74) is 4.72. The molecule has 0 radical (unpaired) electrons. The summed E-state index contributed by atoms with van der Waals surface area (Å²) in [4.78, 5) is 24.5. The number of rotatable bonds is 6. The van der Waals surface area contributed by atoms with Crippen LogP contribution in [0.25, 0.3) is 0 Å². The van der Waals surface area contributed by atoms with Crippen molar-refractivity contribution in [3.63, 3.8) is 0 Å². The van der Waals surface area contributed by atoms with Crippen LogP contribution in [0.3, 0.4) is 0 Å². The summed E-state index contributed by atoms with van der Waals surface area (Å²) in [5.74, 6) is -0.161. The van der Waals surface area contributed by atoms with Crippen molar-refractivity contribution >= 4 is 23.4 Å². The summed E-state index contributed by atoms with van der Waals surface area (Å²) in [6.45, 7) is 4.40. The van der Waals surface area contributed by atoms with Crippen molar-refractivity contribution in [2.75, 3.05) is 17.7 Å². The molecule has 0 heterocycles. The van der Waals surface area contributed by atoms with Gasteiger partial charge in [0.1, 0.15) is 17.9 Å². The first-order valence-electron chi connectivity index (χ1n) is 9.50. The van der Waals surface area contributed by atoms with E-state index in [2.05, 4.69) is 23.6 Å². The molecular weight excluding hydrogens is 380 g/mol. The molecule has 0 fully saturated rings. The highest BCUT2D eigenvalue weighted by atomic mass is 16.5. The zero-order valence-corrected chi connectivity index (χ0v) is 17.2. The maximum Gasteiger partial charge on any atom is 0.341 e. The van der Waals surface area contributed by atoms with Crippen LogP contribution in [0.15, 0.2) is 66.7 Å². The van der Waals surface area contributed by atoms with Crippen molar-refractivity contribution in [3.8, 4) is 5.75 Å². The molecule has 0 unspecified atom stereocenters. The summed E-state index contributed by atoms with van der Waals surface area (Å²) < 4.78 is 10.7. The number of amides is 2. The van der Waals surface area contributed by atoms with E-state index in [-0.39, 0.29) is 5.56 Å². The van der Waals surface area contributed by atoms with E-state index in [0.717, 1.165) is 5.56 Å². The number of hydrogen-bond acceptors (Lipinski definition) is 4. The van der Waals surface area contributed by atoms with Gasteiger partial charge in [-0.25, -0.2) is 9.59 Å². The molecule has 6 nitrogen and oxygen atoms in total. The highest BCUT2D eigenvalue weighted by molar-refractivity contribution is 6.01. The third kappa shape index (κ3) is 5.38. The van der Waals surface area contributed by atoms with Crippen molar-refractivity contribution < 1.29 is 19.1 Å². The minimum atomic E-state index is -0.544. The first-order chi connectivity index (χ1) is 14.5. The fourth-order valence-corrected chi connectivity index (χ4v) is 2.87. The van der Waals surface area contributed by atoms with Crippen LogP contribution in [0.2, 0.25) is 0 Å². The second-order valence-corrected chi connectivity index (χ2v) is 6.85. The van der Waals surface area contributed by atoms with Crippen LogP contribution in [-0.4, -0.2) is 19.1 Å². The van der Waals surface area contributed by atoms with Gasteiger partial charge in [0.05, 0.1) is 7.11 Å². The van der Waals surface area contributed by atoms with Gasteiger partial charge in [-0.05, 0) is 60.9 Å². The van der Waals surface area contributed by atoms with Crippen LogP contribution in [0, 0.1) is 13.8 Å². The fraction of sp³-hybridized carbons (Fsp3) is 0.167. The highest BCUT2D eigenvalue weighted by Crippen LogP contribution is 2.25. The van der Waals surface area contributed by atoms with E-state index < -0.39 is 12.0 Å². The van der Waals surface area contributed by atoms with E-state index in [4.69, 9.17) is 9.47 Å². The van der Waals surface area contributed by atoms with E-state index in [1.165, 1.54) is 24.3 Å². The third-order valence-corrected chi connectivity index (χ3v) is 4.64. The Morgan fingerprint density at radius 3 is 2.27 bits per heavy atom. The van der Waals surface area contributed by atoms with Gasteiger partial charge in [0.15, 0.2) is 0 Å². The first-order valence-corrected chi connectivity index (χ1v) is 9.50. The molecule has 3 aromatic rings. The van der Waals surface area contributed by atoms with E-state index in [0.29, 0.717) is 23.7 Å². The number of benzene rings is 3. The van der Waals surface area contributed by atoms with Crippen molar-refractivity contribution in [2.45, 2.75) is 20.5 Å². The average Bonchev–Trinajstić information content (AvgIpc) is 2.75. The maximum absolute atomic E-state index is 12.2. The van der Waals surface area contributed by atoms with Crippen LogP contribution in [-0.2, 0) is 11.3 Å². The summed E-state index contributed by atoms with van der Waals surface area (Å²) >= 11 is 0. The van der Waals surface area contributed by atoms with Crippen LogP contribution in [0.4, 0.5) is 16.2 Å². The quantitative estimate of drug-likeness (QED) is 0.546. The molecule has 0 aromatic heterocycles. The number of methoxy groups -OCH3 is 1. The lowest BCUT2D eigenvalue weighted by atomic mass is 10.1. The molecule has 0 aliphatic rings. The second kappa shape index (κ2) is 9.60. The van der Waals surface area contributed by atoms with Crippen LogP contribution in [0.5, 0.6) is 5.75 Å². The standard InChI is InChI=1S/C24H24N2O4/c1-16-9-10-18(13-17(16)2)15-30-22-12-11-20(14-21(22)23(27)29-3)26-24(28)25-19-7-5-4-6-8-19/h4-14H,15H2,1-3H3,(H2,25,26,28). The van der Waals surface area contributed by atoms with E-state index >= 15 is 0 Å². The van der Waals surface area contributed by atoms with Gasteiger partial charge in [-0.1, -0.05) is 36.4 Å². The molecule has 6 heteroatoms. The van der Waals surface area contributed by atoms with Crippen molar-refractivity contribution in [2.24, 2.45) is 0 Å². The van der Waals surface area contributed by atoms with Gasteiger partial charge >= 0.3 is 12.0 Å². The predicted octanol–water partition coefficient (Wildman–Crippen LogP) is 5.31. The molecule has 0 saturated heterocycles. The third-order valence-electron chi connectivity index (χ3n) is 4.64. The first kappa shape index (κ1) is 20.9. The minimum Gasteiger partial charge on any atom is -0.488 e. The summed E-state index contributed by atoms with van der Waals surface area (Å²) in [7, 11) is 1.30. The Kier molecular flexibility index (Phi) is 6.70. The number of carbonyl (C=O) groups excluding carboxylic acids is 2. The Morgan fingerprint density at radius 2 is 1.57 bits per heavy atom. The molecule has 0 aliphatic heterocycles. The molecule has 2 amide bonds. The summed E-state index contributed by atoms with van der Waals surface area (Å²) in [6, 6.07) is 19.6. The number of aryl methyl sites for hydroxylation is 2. The molecule has 0 spiro atoms. The normalized spacial score (nSPS) is 10.2. The van der Waals surface area contributed by atoms with Gasteiger partial charge in [-0.15, -0.1) is 0 Å². The molecule has 0 aliphatic carbocycles. The fourth-order valence-electron chi connectivity index (χ4n) is 2.87. The Hall–Kier alpha value is -3.80. The van der Waals surface area contributed by atoms with Gasteiger partial charge in [0.2, 0.25) is 0 Å². The van der Waals surface area contributed by atoms with Crippen LogP contribution >= 0.6 is 0 Å². The lowest BCUT2D eigenvalue weighted by molar-refractivity contribution is 0.0595. The topological polar surface area (TPSA) is 76.7 Å². The number of ether oxygens (including phenoxy) is 2. The summed E-state index contributed by atoms with van der Waals surface area (Å²) in [6.07, 6.45) is 0. The van der Waals surface area contributed by atoms with Gasteiger partial charge in [0, 0.05) is 11.4 Å². The molecule has 0 bridgehead atoms. The molecule has 30 heavy (non-hydrogen) atoms. The average molecular weight is 404 g/mol. The van der Waals surface area contributed by atoms with Gasteiger partial charge in [-0.2, -0.15) is 0 Å². The van der Waals surface area contributed by atoms with Crippen LogP contribution in [0.1, 0.15) is 27.0 Å². The molecular formula is C24H24N2O4. The number of urea groups is 1. The van der Waals surface area contributed by atoms with Gasteiger partial charge < -0.3 is 20.1 Å². The minimum absolute atomic E-state index is 0.235. The number of nitrogens with one attached hydrogen (secondary N) is 2. The Morgan fingerprint density at radius 1 is 0.833 bits per heavy atom.